The van der Waals surface area contributed by atoms with Crippen molar-refractivity contribution in [3.63, 3.8) is 0 Å². The van der Waals surface area contributed by atoms with Crippen LogP contribution in [-0.4, -0.2) is 39.3 Å². The summed E-state index contributed by atoms with van der Waals surface area (Å²) in [6.45, 7) is 3.29. The van der Waals surface area contributed by atoms with Gasteiger partial charge in [-0.05, 0) is 24.6 Å². The topological polar surface area (TPSA) is 90.6 Å². The van der Waals surface area contributed by atoms with Crippen molar-refractivity contribution in [3.8, 4) is 22.8 Å². The first-order valence-electron chi connectivity index (χ1n) is 9.70. The number of ether oxygens (including phenoxy) is 2. The number of carbonyl (C=O) groups excluding carboxylic acids is 1. The summed E-state index contributed by atoms with van der Waals surface area (Å²) in [5.41, 5.74) is 3.90. The van der Waals surface area contributed by atoms with Crippen LogP contribution in [0, 0.1) is 0 Å². The Balaban J connectivity index is 1.44. The van der Waals surface area contributed by atoms with E-state index in [0.29, 0.717) is 30.8 Å². The van der Waals surface area contributed by atoms with E-state index in [4.69, 9.17) is 14.0 Å². The molecule has 0 bridgehead atoms. The molecule has 1 aromatic carbocycles. The Kier molecular flexibility index (Phi) is 4.38. The number of hydrogen-bond acceptors (Lipinski definition) is 7. The minimum absolute atomic E-state index is 0.0578. The summed E-state index contributed by atoms with van der Waals surface area (Å²) in [7, 11) is 0. The summed E-state index contributed by atoms with van der Waals surface area (Å²) >= 11 is 0. The number of aryl methyl sites for hydroxylation is 1. The second-order valence-corrected chi connectivity index (χ2v) is 7.11. The average molecular weight is 392 g/mol. The van der Waals surface area contributed by atoms with Crippen molar-refractivity contribution in [1.29, 1.82) is 0 Å². The zero-order chi connectivity index (χ0) is 19.8. The number of carbonyl (C=O) groups is 1. The molecule has 8 heteroatoms. The van der Waals surface area contributed by atoms with E-state index in [1.54, 1.807) is 6.20 Å². The van der Waals surface area contributed by atoms with Crippen molar-refractivity contribution in [2.24, 2.45) is 0 Å². The van der Waals surface area contributed by atoms with Crippen molar-refractivity contribution < 1.29 is 18.8 Å². The number of amides is 1. The van der Waals surface area contributed by atoms with Crippen LogP contribution in [0.15, 0.2) is 35.2 Å². The Morgan fingerprint density at radius 3 is 3.03 bits per heavy atom. The summed E-state index contributed by atoms with van der Waals surface area (Å²) in [5.74, 6) is 2.17. The van der Waals surface area contributed by atoms with Crippen LogP contribution in [0.25, 0.3) is 11.3 Å². The molecule has 3 aromatic rings. The molecule has 0 fully saturated rings. The summed E-state index contributed by atoms with van der Waals surface area (Å²) in [4.78, 5) is 23.4. The molecule has 0 spiro atoms. The monoisotopic (exact) mass is 392 g/mol. The summed E-state index contributed by atoms with van der Waals surface area (Å²) in [6.07, 6.45) is 5.39. The third kappa shape index (κ3) is 3.10. The fourth-order valence-corrected chi connectivity index (χ4v) is 3.79. The first-order chi connectivity index (χ1) is 14.2. The maximum Gasteiger partial charge on any atom is 0.257 e. The van der Waals surface area contributed by atoms with Gasteiger partial charge < -0.3 is 18.9 Å². The molecular formula is C21H20N4O4. The number of benzene rings is 1. The van der Waals surface area contributed by atoms with Gasteiger partial charge in [-0.2, -0.15) is 0 Å². The van der Waals surface area contributed by atoms with E-state index in [0.717, 1.165) is 46.9 Å². The van der Waals surface area contributed by atoms with E-state index < -0.39 is 0 Å². The van der Waals surface area contributed by atoms with Gasteiger partial charge in [-0.25, -0.2) is 9.97 Å². The molecule has 2 aliphatic rings. The molecule has 29 heavy (non-hydrogen) atoms. The predicted octanol–water partition coefficient (Wildman–Crippen LogP) is 3.01. The molecule has 2 aromatic heterocycles. The second kappa shape index (κ2) is 7.20. The minimum atomic E-state index is -0.0578. The summed E-state index contributed by atoms with van der Waals surface area (Å²) in [5, 5.41) is 4.27. The van der Waals surface area contributed by atoms with Gasteiger partial charge in [-0.3, -0.25) is 4.79 Å². The quantitative estimate of drug-likeness (QED) is 0.674. The largest absolute Gasteiger partial charge is 0.454 e. The lowest BCUT2D eigenvalue weighted by molar-refractivity contribution is 0.0727. The van der Waals surface area contributed by atoms with Gasteiger partial charge >= 0.3 is 0 Å². The number of aromatic nitrogens is 3. The second-order valence-electron chi connectivity index (χ2n) is 7.11. The van der Waals surface area contributed by atoms with Crippen molar-refractivity contribution in [1.82, 2.24) is 20.0 Å². The molecule has 0 aliphatic carbocycles. The lowest BCUT2D eigenvalue weighted by Crippen LogP contribution is -2.36. The van der Waals surface area contributed by atoms with Gasteiger partial charge in [0.1, 0.15) is 17.8 Å². The van der Waals surface area contributed by atoms with Crippen molar-refractivity contribution >= 4 is 5.91 Å². The Labute approximate surface area is 167 Å². The van der Waals surface area contributed by atoms with E-state index in [9.17, 15) is 4.79 Å². The lowest BCUT2D eigenvalue weighted by Gasteiger charge is -2.26. The predicted molar refractivity (Wildman–Crippen MR) is 103 cm³/mol. The molecule has 0 saturated carbocycles. The molecule has 1 amide bonds. The third-order valence-corrected chi connectivity index (χ3v) is 5.27. The standard InChI is InChI=1S/C21H20N4O4/c1-2-3-16-14(9-22-11-23-16)21(26)25-7-6-17-15(10-25)20(24-29-17)13-4-5-18-19(8-13)28-12-27-18/h4-5,8-9,11H,2-3,6-7,10,12H2,1H3. The van der Waals surface area contributed by atoms with Crippen molar-refractivity contribution in [2.75, 3.05) is 13.3 Å². The fourth-order valence-electron chi connectivity index (χ4n) is 3.79. The zero-order valence-electron chi connectivity index (χ0n) is 16.1. The van der Waals surface area contributed by atoms with Crippen molar-refractivity contribution in [3.05, 3.63) is 53.3 Å². The molecule has 4 heterocycles. The van der Waals surface area contributed by atoms with Crippen LogP contribution >= 0.6 is 0 Å². The van der Waals surface area contributed by atoms with E-state index >= 15 is 0 Å². The highest BCUT2D eigenvalue weighted by atomic mass is 16.7. The van der Waals surface area contributed by atoms with E-state index in [1.807, 2.05) is 23.1 Å². The van der Waals surface area contributed by atoms with Gasteiger partial charge in [0.2, 0.25) is 6.79 Å². The maximum absolute atomic E-state index is 13.2. The lowest BCUT2D eigenvalue weighted by atomic mass is 10.00. The molecule has 2 aliphatic heterocycles. The Bertz CT molecular complexity index is 1080. The average Bonchev–Trinajstić information content (AvgIpc) is 3.39. The Morgan fingerprint density at radius 2 is 2.14 bits per heavy atom. The molecule has 5 rings (SSSR count). The van der Waals surface area contributed by atoms with E-state index in [-0.39, 0.29) is 12.7 Å². The van der Waals surface area contributed by atoms with Crippen LogP contribution in [0.5, 0.6) is 11.5 Å². The molecular weight excluding hydrogens is 372 g/mol. The van der Waals surface area contributed by atoms with Crippen LogP contribution in [0.1, 0.15) is 40.7 Å². The Hall–Kier alpha value is -3.42. The first-order valence-corrected chi connectivity index (χ1v) is 9.70. The number of fused-ring (bicyclic) bond motifs is 2. The van der Waals surface area contributed by atoms with Gasteiger partial charge in [0, 0.05) is 30.3 Å². The van der Waals surface area contributed by atoms with Crippen molar-refractivity contribution in [2.45, 2.75) is 32.7 Å². The highest BCUT2D eigenvalue weighted by molar-refractivity contribution is 5.95. The van der Waals surface area contributed by atoms with E-state index in [1.165, 1.54) is 6.33 Å². The van der Waals surface area contributed by atoms with Gasteiger partial charge in [-0.1, -0.05) is 18.5 Å². The van der Waals surface area contributed by atoms with Crippen LogP contribution in [0.2, 0.25) is 0 Å². The normalized spacial score (nSPS) is 14.7. The number of rotatable bonds is 4. The van der Waals surface area contributed by atoms with Gasteiger partial charge in [-0.15, -0.1) is 0 Å². The number of nitrogens with zero attached hydrogens (tertiary/aromatic N) is 4. The number of hydrogen-bond donors (Lipinski definition) is 0. The minimum Gasteiger partial charge on any atom is -0.454 e. The van der Waals surface area contributed by atoms with Gasteiger partial charge in [0.05, 0.1) is 17.8 Å². The van der Waals surface area contributed by atoms with E-state index in [2.05, 4.69) is 22.0 Å². The van der Waals surface area contributed by atoms with Gasteiger partial charge in [0.25, 0.3) is 5.91 Å². The molecule has 8 nitrogen and oxygen atoms in total. The van der Waals surface area contributed by atoms with Crippen LogP contribution < -0.4 is 9.47 Å². The smallest absolute Gasteiger partial charge is 0.257 e. The SMILES string of the molecule is CCCc1ncncc1C(=O)N1CCc2onc(-c3ccc4c(c3)OCO4)c2C1. The fraction of sp³-hybridized carbons (Fsp3) is 0.333. The highest BCUT2D eigenvalue weighted by Gasteiger charge is 2.30. The molecule has 148 valence electrons. The molecule has 0 saturated heterocycles. The van der Waals surface area contributed by atoms with Crippen LogP contribution in [-0.2, 0) is 19.4 Å². The Morgan fingerprint density at radius 1 is 1.24 bits per heavy atom. The van der Waals surface area contributed by atoms with Crippen LogP contribution in [0.3, 0.4) is 0 Å². The third-order valence-electron chi connectivity index (χ3n) is 5.27. The molecule has 0 radical (unpaired) electrons. The molecule has 0 unspecified atom stereocenters. The highest BCUT2D eigenvalue weighted by Crippen LogP contribution is 2.38. The summed E-state index contributed by atoms with van der Waals surface area (Å²) in [6, 6.07) is 5.69. The zero-order valence-corrected chi connectivity index (χ0v) is 16.1. The van der Waals surface area contributed by atoms with Gasteiger partial charge in [0.15, 0.2) is 11.5 Å². The maximum atomic E-state index is 13.2. The first kappa shape index (κ1) is 17.7. The molecule has 0 N–H and O–H groups in total. The summed E-state index contributed by atoms with van der Waals surface area (Å²) < 4.78 is 16.4. The van der Waals surface area contributed by atoms with Crippen LogP contribution in [0.4, 0.5) is 0 Å². The molecule has 0 atom stereocenters.